The number of amides is 3. The van der Waals surface area contributed by atoms with Crippen LogP contribution >= 0.6 is 0 Å². The number of nitrogens with zero attached hydrogens (tertiary/aromatic N) is 3. The first-order chi connectivity index (χ1) is 11.5. The third-order valence-corrected chi connectivity index (χ3v) is 6.60. The first-order valence-corrected chi connectivity index (χ1v) is 9.49. The van der Waals surface area contributed by atoms with Crippen molar-refractivity contribution in [3.63, 3.8) is 0 Å². The van der Waals surface area contributed by atoms with Crippen molar-refractivity contribution in [2.24, 2.45) is 16.8 Å². The topological polar surface area (TPSA) is 65.0 Å². The maximum Gasteiger partial charge on any atom is 0.317 e. The summed E-state index contributed by atoms with van der Waals surface area (Å²) in [5.41, 5.74) is -0.590. The third kappa shape index (κ3) is 2.25. The van der Waals surface area contributed by atoms with Crippen molar-refractivity contribution in [2.45, 2.75) is 64.0 Å². The summed E-state index contributed by atoms with van der Waals surface area (Å²) in [7, 11) is 0. The lowest BCUT2D eigenvalue weighted by molar-refractivity contribution is -0.132. The molecule has 132 valence electrons. The van der Waals surface area contributed by atoms with Crippen molar-refractivity contribution in [1.29, 1.82) is 0 Å². The van der Waals surface area contributed by atoms with Gasteiger partial charge in [0.1, 0.15) is 11.4 Å². The molecule has 1 spiro atoms. The van der Waals surface area contributed by atoms with Gasteiger partial charge in [0.05, 0.1) is 0 Å². The van der Waals surface area contributed by atoms with Gasteiger partial charge >= 0.3 is 6.03 Å². The number of hydrogen-bond acceptors (Lipinski definition) is 3. The zero-order valence-electron chi connectivity index (χ0n) is 14.8. The summed E-state index contributed by atoms with van der Waals surface area (Å²) in [6.07, 6.45) is 6.47. The number of rotatable bonds is 2. The van der Waals surface area contributed by atoms with Gasteiger partial charge in [-0.15, -0.1) is 0 Å². The van der Waals surface area contributed by atoms with Crippen LogP contribution in [0.25, 0.3) is 0 Å². The molecule has 0 aromatic carbocycles. The predicted molar refractivity (Wildman–Crippen MR) is 91.8 cm³/mol. The Hall–Kier alpha value is -1.59. The van der Waals surface area contributed by atoms with Crippen molar-refractivity contribution in [1.82, 2.24) is 15.1 Å². The lowest BCUT2D eigenvalue weighted by Crippen LogP contribution is -2.48. The van der Waals surface area contributed by atoms with E-state index in [1.54, 1.807) is 0 Å². The van der Waals surface area contributed by atoms with E-state index in [4.69, 9.17) is 4.99 Å². The number of carbonyl (C=O) groups is 2. The number of hydrogen-bond donors (Lipinski definition) is 1. The number of likely N-dealkylation sites (N-methyl/N-ethyl adjacent to an activating group) is 1. The Kier molecular flexibility index (Phi) is 3.81. The fraction of sp³-hybridized carbons (Fsp3) is 0.833. The van der Waals surface area contributed by atoms with Gasteiger partial charge in [-0.2, -0.15) is 0 Å². The minimum absolute atomic E-state index is 0.0601. The van der Waals surface area contributed by atoms with Crippen molar-refractivity contribution in [3.05, 3.63) is 0 Å². The normalized spacial score (nSPS) is 35.9. The van der Waals surface area contributed by atoms with Crippen LogP contribution < -0.4 is 5.32 Å². The van der Waals surface area contributed by atoms with Gasteiger partial charge in [0.25, 0.3) is 5.91 Å². The quantitative estimate of drug-likeness (QED) is 0.840. The molecule has 1 saturated heterocycles. The van der Waals surface area contributed by atoms with Crippen LogP contribution in [0.4, 0.5) is 4.79 Å². The average Bonchev–Trinajstić information content (AvgIpc) is 3.28. The monoisotopic (exact) mass is 332 g/mol. The zero-order valence-corrected chi connectivity index (χ0v) is 14.8. The Morgan fingerprint density at radius 2 is 2.04 bits per heavy atom. The van der Waals surface area contributed by atoms with Gasteiger partial charge < -0.3 is 10.2 Å². The molecule has 6 nitrogen and oxygen atoms in total. The molecule has 0 radical (unpaired) electrons. The van der Waals surface area contributed by atoms with E-state index in [1.165, 1.54) is 12.8 Å². The second-order valence-corrected chi connectivity index (χ2v) is 7.87. The fourth-order valence-electron chi connectivity index (χ4n) is 5.35. The van der Waals surface area contributed by atoms with Gasteiger partial charge in [-0.25, -0.2) is 4.79 Å². The van der Waals surface area contributed by atoms with E-state index in [9.17, 15) is 9.59 Å². The number of amidine groups is 1. The van der Waals surface area contributed by atoms with E-state index in [-0.39, 0.29) is 17.9 Å². The highest BCUT2D eigenvalue weighted by Crippen LogP contribution is 2.50. The SMILES string of the molecule is CCN1C(=O)[C@]2(CC[C@@H]3CN(C(=O)NC4CCCC4)C[C@@H]32)N=C1C. The van der Waals surface area contributed by atoms with Gasteiger partial charge in [-0.3, -0.25) is 14.7 Å². The summed E-state index contributed by atoms with van der Waals surface area (Å²) >= 11 is 0. The van der Waals surface area contributed by atoms with Crippen LogP contribution in [0.2, 0.25) is 0 Å². The molecule has 0 aromatic rings. The van der Waals surface area contributed by atoms with E-state index in [0.29, 0.717) is 25.0 Å². The zero-order chi connectivity index (χ0) is 16.9. The molecule has 2 aliphatic heterocycles. The molecule has 3 atom stereocenters. The number of nitrogens with one attached hydrogen (secondary N) is 1. The molecular weight excluding hydrogens is 304 g/mol. The van der Waals surface area contributed by atoms with Gasteiger partial charge in [-0.1, -0.05) is 12.8 Å². The van der Waals surface area contributed by atoms with E-state index in [2.05, 4.69) is 5.32 Å². The van der Waals surface area contributed by atoms with Gasteiger partial charge in [0.2, 0.25) is 0 Å². The molecule has 6 heteroatoms. The van der Waals surface area contributed by atoms with Crippen LogP contribution in [-0.2, 0) is 4.79 Å². The van der Waals surface area contributed by atoms with Crippen LogP contribution in [0.3, 0.4) is 0 Å². The number of urea groups is 1. The minimum Gasteiger partial charge on any atom is -0.335 e. The van der Waals surface area contributed by atoms with Crippen LogP contribution in [0.1, 0.15) is 52.4 Å². The molecule has 0 bridgehead atoms. The molecule has 0 aromatic heterocycles. The number of likely N-dealkylation sites (tertiary alicyclic amines) is 1. The highest BCUT2D eigenvalue weighted by atomic mass is 16.2. The van der Waals surface area contributed by atoms with Crippen LogP contribution in [0, 0.1) is 11.8 Å². The summed E-state index contributed by atoms with van der Waals surface area (Å²) in [5.74, 6) is 1.60. The molecule has 2 saturated carbocycles. The number of carbonyl (C=O) groups excluding carboxylic acids is 2. The van der Waals surface area contributed by atoms with Crippen molar-refractivity contribution in [2.75, 3.05) is 19.6 Å². The first kappa shape index (κ1) is 15.9. The van der Waals surface area contributed by atoms with Gasteiger partial charge in [-0.05, 0) is 45.4 Å². The van der Waals surface area contributed by atoms with Crippen molar-refractivity contribution in [3.8, 4) is 0 Å². The Morgan fingerprint density at radius 1 is 1.29 bits per heavy atom. The van der Waals surface area contributed by atoms with Crippen molar-refractivity contribution < 1.29 is 9.59 Å². The second-order valence-electron chi connectivity index (χ2n) is 7.87. The van der Waals surface area contributed by atoms with E-state index < -0.39 is 5.54 Å². The largest absolute Gasteiger partial charge is 0.335 e. The Morgan fingerprint density at radius 3 is 2.71 bits per heavy atom. The molecular formula is C18H28N4O2. The fourth-order valence-corrected chi connectivity index (χ4v) is 5.35. The molecule has 24 heavy (non-hydrogen) atoms. The van der Waals surface area contributed by atoms with Crippen LogP contribution in [-0.4, -0.2) is 58.8 Å². The Labute approximate surface area is 143 Å². The van der Waals surface area contributed by atoms with E-state index in [0.717, 1.165) is 38.1 Å². The third-order valence-electron chi connectivity index (χ3n) is 6.60. The molecule has 4 rings (SSSR count). The Bertz CT molecular complexity index is 584. The lowest BCUT2D eigenvalue weighted by Gasteiger charge is -2.28. The molecule has 1 N–H and O–H groups in total. The molecule has 0 unspecified atom stereocenters. The first-order valence-electron chi connectivity index (χ1n) is 9.49. The predicted octanol–water partition coefficient (Wildman–Crippen LogP) is 2.00. The number of aliphatic imine (C=N–C) groups is 1. The summed E-state index contributed by atoms with van der Waals surface area (Å²) < 4.78 is 0. The highest BCUT2D eigenvalue weighted by Gasteiger charge is 2.61. The van der Waals surface area contributed by atoms with E-state index in [1.807, 2.05) is 23.6 Å². The maximum atomic E-state index is 13.0. The maximum absolute atomic E-state index is 13.0. The summed E-state index contributed by atoms with van der Waals surface area (Å²) in [6, 6.07) is 0.404. The summed E-state index contributed by atoms with van der Waals surface area (Å²) in [5, 5.41) is 3.18. The average molecular weight is 332 g/mol. The molecule has 3 fully saturated rings. The van der Waals surface area contributed by atoms with Crippen LogP contribution in [0.5, 0.6) is 0 Å². The smallest absolute Gasteiger partial charge is 0.317 e. The Balaban J connectivity index is 1.47. The molecule has 3 amide bonds. The standard InChI is InChI=1S/C18H28N4O2/c1-3-22-12(2)20-18(16(22)23)9-8-13-10-21(11-15(13)18)17(24)19-14-6-4-5-7-14/h13-15H,3-11H2,1-2H3,(H,19,24)/t13-,15+,18-/m1/s1. The summed E-state index contributed by atoms with van der Waals surface area (Å²) in [6.45, 7) is 6.06. The van der Waals surface area contributed by atoms with E-state index >= 15 is 0 Å². The lowest BCUT2D eigenvalue weighted by atomic mass is 9.85. The molecule has 2 heterocycles. The molecule has 2 aliphatic carbocycles. The second kappa shape index (κ2) is 5.74. The molecule has 4 aliphatic rings. The van der Waals surface area contributed by atoms with Gasteiger partial charge in [0, 0.05) is 31.6 Å². The number of fused-ring (bicyclic) bond motifs is 2. The van der Waals surface area contributed by atoms with Crippen LogP contribution in [0.15, 0.2) is 4.99 Å². The summed E-state index contributed by atoms with van der Waals surface area (Å²) in [4.78, 5) is 34.1. The van der Waals surface area contributed by atoms with Crippen molar-refractivity contribution >= 4 is 17.8 Å². The minimum atomic E-state index is -0.590. The van der Waals surface area contributed by atoms with Gasteiger partial charge in [0.15, 0.2) is 0 Å². The highest BCUT2D eigenvalue weighted by molar-refractivity contribution is 6.07.